The molecule has 0 saturated carbocycles. The molecule has 2 aliphatic heterocycles. The van der Waals surface area contributed by atoms with Crippen LogP contribution in [0.2, 0.25) is 5.02 Å². The highest BCUT2D eigenvalue weighted by Gasteiger charge is 2.32. The normalized spacial score (nSPS) is 18.5. The molecule has 1 amide bonds. The second-order valence-electron chi connectivity index (χ2n) is 10.6. The first kappa shape index (κ1) is 25.1. The molecule has 1 fully saturated rings. The van der Waals surface area contributed by atoms with Crippen molar-refractivity contribution in [1.82, 2.24) is 9.80 Å². The number of carbonyl (C=O) groups excluding carboxylic acids is 1. The van der Waals surface area contributed by atoms with E-state index < -0.39 is 0 Å². The van der Waals surface area contributed by atoms with Crippen LogP contribution in [-0.4, -0.2) is 41.9 Å². The minimum absolute atomic E-state index is 0.0588. The van der Waals surface area contributed by atoms with Crippen LogP contribution in [0, 0.1) is 25.7 Å². The molecule has 2 aromatic rings. The fraction of sp³-hybridized carbons (Fsp3) is 0.552. The van der Waals surface area contributed by atoms with E-state index in [1.807, 2.05) is 6.07 Å². The molecule has 0 spiro atoms. The molecule has 0 aromatic heterocycles. The number of rotatable bonds is 7. The van der Waals surface area contributed by atoms with Crippen molar-refractivity contribution in [1.29, 1.82) is 0 Å². The maximum Gasteiger partial charge on any atom is 0.227 e. The molecule has 0 unspecified atom stereocenters. The molecule has 1 atom stereocenters. The molecule has 5 heteroatoms. The Balaban J connectivity index is 1.45. The molecule has 34 heavy (non-hydrogen) atoms. The summed E-state index contributed by atoms with van der Waals surface area (Å²) in [6.45, 7) is 13.5. The fourth-order valence-corrected chi connectivity index (χ4v) is 5.61. The van der Waals surface area contributed by atoms with E-state index >= 15 is 0 Å². The quantitative estimate of drug-likeness (QED) is 0.472. The summed E-state index contributed by atoms with van der Waals surface area (Å²) in [4.78, 5) is 18.2. The van der Waals surface area contributed by atoms with Gasteiger partial charge in [0.15, 0.2) is 0 Å². The number of aryl methyl sites for hydroxylation is 2. The van der Waals surface area contributed by atoms with Gasteiger partial charge in [0.25, 0.3) is 0 Å². The average molecular weight is 483 g/mol. The Hall–Kier alpha value is -2.04. The number of hydrogen-bond donors (Lipinski definition) is 0. The van der Waals surface area contributed by atoms with E-state index in [4.69, 9.17) is 16.3 Å². The van der Waals surface area contributed by atoms with E-state index in [9.17, 15) is 4.79 Å². The van der Waals surface area contributed by atoms with Crippen LogP contribution in [0.1, 0.15) is 60.9 Å². The number of amides is 1. The Morgan fingerprint density at radius 1 is 1.24 bits per heavy atom. The Morgan fingerprint density at radius 2 is 2.06 bits per heavy atom. The Bertz CT molecular complexity index is 1020. The lowest BCUT2D eigenvalue weighted by molar-refractivity contribution is -0.136. The third-order valence-corrected chi connectivity index (χ3v) is 7.55. The zero-order valence-corrected chi connectivity index (χ0v) is 22.0. The van der Waals surface area contributed by atoms with Gasteiger partial charge in [0.1, 0.15) is 5.75 Å². The Morgan fingerprint density at radius 3 is 2.85 bits per heavy atom. The van der Waals surface area contributed by atoms with Gasteiger partial charge in [0, 0.05) is 26.2 Å². The lowest BCUT2D eigenvalue weighted by Gasteiger charge is -2.28. The van der Waals surface area contributed by atoms with Crippen LogP contribution >= 0.6 is 11.6 Å². The standard InChI is InChI=1S/C29H39ClN2O2/c1-20(2)16-32(17-23-14-24-9-5-6-13-34-28(24)27(30)15-23)29(33)26-11-12-31(19-26)18-25-10-7-8-21(3)22(25)4/h7-8,10,14-15,20,26H,5-6,9,11-13,16-19H2,1-4H3/t26-/m1/s1. The highest BCUT2D eigenvalue weighted by atomic mass is 35.5. The molecule has 0 N–H and O–H groups in total. The van der Waals surface area contributed by atoms with E-state index in [0.717, 1.165) is 69.8 Å². The minimum atomic E-state index is 0.0588. The van der Waals surface area contributed by atoms with Crippen molar-refractivity contribution < 1.29 is 9.53 Å². The number of hydrogen-bond acceptors (Lipinski definition) is 3. The smallest absolute Gasteiger partial charge is 0.227 e. The van der Waals surface area contributed by atoms with Crippen LogP contribution in [0.3, 0.4) is 0 Å². The van der Waals surface area contributed by atoms with Gasteiger partial charge in [-0.25, -0.2) is 0 Å². The van der Waals surface area contributed by atoms with Gasteiger partial charge in [-0.3, -0.25) is 9.69 Å². The van der Waals surface area contributed by atoms with Crippen molar-refractivity contribution in [2.24, 2.45) is 11.8 Å². The molecule has 0 radical (unpaired) electrons. The molecule has 184 valence electrons. The van der Waals surface area contributed by atoms with Gasteiger partial charge in [-0.1, -0.05) is 49.7 Å². The monoisotopic (exact) mass is 482 g/mol. The molecule has 0 bridgehead atoms. The summed E-state index contributed by atoms with van der Waals surface area (Å²) >= 11 is 6.60. The molecule has 0 aliphatic carbocycles. The van der Waals surface area contributed by atoms with Crippen molar-refractivity contribution in [2.45, 2.75) is 66.5 Å². The predicted molar refractivity (Wildman–Crippen MR) is 139 cm³/mol. The van der Waals surface area contributed by atoms with Crippen LogP contribution in [0.4, 0.5) is 0 Å². The summed E-state index contributed by atoms with van der Waals surface area (Å²) < 4.78 is 5.89. The van der Waals surface area contributed by atoms with Crippen LogP contribution in [0.5, 0.6) is 5.75 Å². The Labute approximate surface area is 210 Å². The molecule has 4 nitrogen and oxygen atoms in total. The molecule has 1 saturated heterocycles. The second-order valence-corrected chi connectivity index (χ2v) is 11.0. The average Bonchev–Trinajstić information content (AvgIpc) is 3.12. The predicted octanol–water partition coefficient (Wildman–Crippen LogP) is 6.18. The maximum absolute atomic E-state index is 13.7. The fourth-order valence-electron chi connectivity index (χ4n) is 5.30. The van der Waals surface area contributed by atoms with Crippen molar-refractivity contribution >= 4 is 17.5 Å². The SMILES string of the molecule is Cc1cccc(CN2CC[C@@H](C(=O)N(Cc3cc(Cl)c4c(c3)CCCCO4)CC(C)C)C2)c1C. The lowest BCUT2D eigenvalue weighted by Crippen LogP contribution is -2.39. The van der Waals surface area contributed by atoms with Crippen molar-refractivity contribution in [2.75, 3.05) is 26.2 Å². The van der Waals surface area contributed by atoms with E-state index in [2.05, 4.69) is 61.8 Å². The molecule has 4 rings (SSSR count). The maximum atomic E-state index is 13.7. The largest absolute Gasteiger partial charge is 0.492 e. The zero-order chi connectivity index (χ0) is 24.2. The first-order valence-corrected chi connectivity index (χ1v) is 13.2. The third-order valence-electron chi connectivity index (χ3n) is 7.27. The van der Waals surface area contributed by atoms with E-state index in [1.54, 1.807) is 0 Å². The molecule has 2 aromatic carbocycles. The highest BCUT2D eigenvalue weighted by molar-refractivity contribution is 6.32. The van der Waals surface area contributed by atoms with Gasteiger partial charge in [0.05, 0.1) is 17.5 Å². The van der Waals surface area contributed by atoms with Gasteiger partial charge in [-0.15, -0.1) is 0 Å². The second kappa shape index (κ2) is 11.1. The van der Waals surface area contributed by atoms with Crippen molar-refractivity contribution in [3.05, 3.63) is 63.2 Å². The summed E-state index contributed by atoms with van der Waals surface area (Å²) in [5, 5.41) is 0.673. The van der Waals surface area contributed by atoms with Gasteiger partial charge >= 0.3 is 0 Å². The summed E-state index contributed by atoms with van der Waals surface area (Å²) in [5.74, 6) is 1.58. The number of fused-ring (bicyclic) bond motifs is 1. The van der Waals surface area contributed by atoms with E-state index in [-0.39, 0.29) is 11.8 Å². The minimum Gasteiger partial charge on any atom is -0.492 e. The van der Waals surface area contributed by atoms with Gasteiger partial charge in [-0.05, 0) is 85.9 Å². The number of halogens is 1. The summed E-state index contributed by atoms with van der Waals surface area (Å²) in [7, 11) is 0. The van der Waals surface area contributed by atoms with Crippen LogP contribution in [0.15, 0.2) is 30.3 Å². The zero-order valence-electron chi connectivity index (χ0n) is 21.2. The number of nitrogens with zero attached hydrogens (tertiary/aromatic N) is 2. The van der Waals surface area contributed by atoms with Crippen molar-refractivity contribution in [3.63, 3.8) is 0 Å². The number of likely N-dealkylation sites (tertiary alicyclic amines) is 1. The van der Waals surface area contributed by atoms with E-state index in [0.29, 0.717) is 17.5 Å². The van der Waals surface area contributed by atoms with Gasteiger partial charge in [-0.2, -0.15) is 0 Å². The Kier molecular flexibility index (Phi) is 8.21. The van der Waals surface area contributed by atoms with Crippen LogP contribution in [-0.2, 0) is 24.3 Å². The van der Waals surface area contributed by atoms with E-state index in [1.165, 1.54) is 22.3 Å². The third kappa shape index (κ3) is 5.95. The summed E-state index contributed by atoms with van der Waals surface area (Å²) in [5.41, 5.74) is 6.35. The first-order chi connectivity index (χ1) is 16.3. The summed E-state index contributed by atoms with van der Waals surface area (Å²) in [6.07, 6.45) is 4.08. The molecule has 2 heterocycles. The van der Waals surface area contributed by atoms with Gasteiger partial charge in [0.2, 0.25) is 5.91 Å². The molecule has 2 aliphatic rings. The van der Waals surface area contributed by atoms with Gasteiger partial charge < -0.3 is 9.64 Å². The number of benzene rings is 2. The lowest BCUT2D eigenvalue weighted by atomic mass is 10.0. The van der Waals surface area contributed by atoms with Crippen LogP contribution < -0.4 is 4.74 Å². The molecular formula is C29H39ClN2O2. The molecular weight excluding hydrogens is 444 g/mol. The summed E-state index contributed by atoms with van der Waals surface area (Å²) in [6, 6.07) is 10.7. The number of ether oxygens (including phenoxy) is 1. The first-order valence-electron chi connectivity index (χ1n) is 12.8. The highest BCUT2D eigenvalue weighted by Crippen LogP contribution is 2.34. The topological polar surface area (TPSA) is 32.8 Å². The number of carbonyl (C=O) groups is 1. The van der Waals surface area contributed by atoms with Crippen molar-refractivity contribution in [3.8, 4) is 5.75 Å². The van der Waals surface area contributed by atoms with Crippen LogP contribution in [0.25, 0.3) is 0 Å².